The topological polar surface area (TPSA) is 71.6 Å². The zero-order valence-electron chi connectivity index (χ0n) is 17.3. The SMILES string of the molecule is Cc1ccc(-c2nc(=S)n(C[NH+]3CC[NH+](CC(=O)NC(C)(C)C)CC3)[nH]2)cc1. The molecule has 1 saturated heterocycles. The number of hydrogen-bond acceptors (Lipinski definition) is 3. The highest BCUT2D eigenvalue weighted by molar-refractivity contribution is 7.71. The predicted octanol–water partition coefficient (Wildman–Crippen LogP) is -0.428. The van der Waals surface area contributed by atoms with Gasteiger partial charge in [-0.2, -0.15) is 4.98 Å². The van der Waals surface area contributed by atoms with Crippen LogP contribution < -0.4 is 15.1 Å². The summed E-state index contributed by atoms with van der Waals surface area (Å²) in [7, 11) is 0. The van der Waals surface area contributed by atoms with Crippen molar-refractivity contribution in [2.24, 2.45) is 0 Å². The number of piperazine rings is 1. The number of H-pyrrole nitrogens is 1. The molecule has 0 aliphatic carbocycles. The molecule has 1 fully saturated rings. The van der Waals surface area contributed by atoms with Crippen LogP contribution in [0, 0.1) is 11.7 Å². The highest BCUT2D eigenvalue weighted by Crippen LogP contribution is 2.15. The molecule has 0 bridgehead atoms. The average Bonchev–Trinajstić information content (AvgIpc) is 2.96. The molecule has 4 N–H and O–H groups in total. The number of rotatable bonds is 5. The van der Waals surface area contributed by atoms with Crippen molar-refractivity contribution in [2.45, 2.75) is 39.9 Å². The first-order valence-corrected chi connectivity index (χ1v) is 10.3. The number of aromatic amines is 1. The molecule has 152 valence electrons. The van der Waals surface area contributed by atoms with Gasteiger partial charge in [0, 0.05) is 11.1 Å². The van der Waals surface area contributed by atoms with Crippen LogP contribution in [0.1, 0.15) is 26.3 Å². The van der Waals surface area contributed by atoms with E-state index in [0.717, 1.165) is 44.2 Å². The van der Waals surface area contributed by atoms with Crippen LogP contribution in [0.25, 0.3) is 11.4 Å². The van der Waals surface area contributed by atoms with Crippen LogP contribution in [-0.4, -0.2) is 58.9 Å². The highest BCUT2D eigenvalue weighted by atomic mass is 32.1. The minimum absolute atomic E-state index is 0.129. The number of hydrogen-bond donors (Lipinski definition) is 4. The van der Waals surface area contributed by atoms with Gasteiger partial charge in [-0.05, 0) is 39.9 Å². The molecule has 1 aromatic carbocycles. The minimum Gasteiger partial charge on any atom is -0.347 e. The van der Waals surface area contributed by atoms with Gasteiger partial charge in [0.15, 0.2) is 19.0 Å². The number of aryl methyl sites for hydroxylation is 1. The molecule has 8 heteroatoms. The molecule has 2 aromatic rings. The largest absolute Gasteiger partial charge is 0.347 e. The lowest BCUT2D eigenvalue weighted by Crippen LogP contribution is -3.28. The van der Waals surface area contributed by atoms with Crippen molar-refractivity contribution in [3.05, 3.63) is 34.6 Å². The Balaban J connectivity index is 1.53. The fourth-order valence-electron chi connectivity index (χ4n) is 3.51. The van der Waals surface area contributed by atoms with Crippen LogP contribution in [-0.2, 0) is 11.5 Å². The summed E-state index contributed by atoms with van der Waals surface area (Å²) in [5.74, 6) is 0.942. The molecule has 1 aliphatic heterocycles. The molecule has 0 saturated carbocycles. The number of quaternary nitrogens is 2. The number of nitrogens with one attached hydrogen (secondary N) is 4. The molecule has 1 aliphatic rings. The van der Waals surface area contributed by atoms with Crippen LogP contribution in [0.4, 0.5) is 0 Å². The van der Waals surface area contributed by atoms with Crippen molar-refractivity contribution in [3.63, 3.8) is 0 Å². The smallest absolute Gasteiger partial charge is 0.275 e. The third-order valence-electron chi connectivity index (χ3n) is 4.98. The standard InChI is InChI=1S/C20H30N6OS/c1-15-5-7-16(8-6-15)18-21-19(28)26(23-18)14-25-11-9-24(10-12-25)13-17(27)22-20(2,3)4/h5-8H,9-14H2,1-4H3,(H,22,27)(H,21,23,28)/p+2. The molecule has 2 heterocycles. The van der Waals surface area contributed by atoms with Crippen molar-refractivity contribution < 1.29 is 14.6 Å². The average molecular weight is 405 g/mol. The molecule has 1 aromatic heterocycles. The Bertz CT molecular complexity index is 856. The van der Waals surface area contributed by atoms with Gasteiger partial charge in [0.1, 0.15) is 26.2 Å². The summed E-state index contributed by atoms with van der Waals surface area (Å²) in [4.78, 5) is 19.4. The molecule has 0 unspecified atom stereocenters. The van der Waals surface area contributed by atoms with E-state index >= 15 is 0 Å². The molecular weight excluding hydrogens is 372 g/mol. The molecular formula is C20H32N6OS+2. The normalized spacial score (nSPS) is 20.1. The van der Waals surface area contributed by atoms with E-state index in [1.165, 1.54) is 15.4 Å². The zero-order chi connectivity index (χ0) is 20.3. The summed E-state index contributed by atoms with van der Waals surface area (Å²) >= 11 is 5.45. The van der Waals surface area contributed by atoms with Gasteiger partial charge in [0.05, 0.1) is 0 Å². The highest BCUT2D eigenvalue weighted by Gasteiger charge is 2.26. The minimum atomic E-state index is -0.171. The summed E-state index contributed by atoms with van der Waals surface area (Å²) in [6, 6.07) is 8.28. The Hall–Kier alpha value is -2.03. The second-order valence-electron chi connectivity index (χ2n) is 8.78. The Morgan fingerprint density at radius 1 is 1.18 bits per heavy atom. The van der Waals surface area contributed by atoms with E-state index in [0.29, 0.717) is 11.3 Å². The molecule has 28 heavy (non-hydrogen) atoms. The lowest BCUT2D eigenvalue weighted by Gasteiger charge is -2.30. The van der Waals surface area contributed by atoms with Crippen molar-refractivity contribution in [2.75, 3.05) is 32.7 Å². The fraction of sp³-hybridized carbons (Fsp3) is 0.550. The van der Waals surface area contributed by atoms with E-state index in [1.807, 2.05) is 25.5 Å². The van der Waals surface area contributed by atoms with Gasteiger partial charge in [0.25, 0.3) is 5.91 Å². The maximum Gasteiger partial charge on any atom is 0.275 e. The molecule has 0 atom stereocenters. The van der Waals surface area contributed by atoms with Gasteiger partial charge in [-0.1, -0.05) is 29.8 Å². The van der Waals surface area contributed by atoms with Gasteiger partial charge >= 0.3 is 0 Å². The van der Waals surface area contributed by atoms with Crippen molar-refractivity contribution in [1.82, 2.24) is 20.1 Å². The first-order chi connectivity index (χ1) is 13.2. The number of benzene rings is 1. The Kier molecular flexibility index (Phi) is 6.32. The van der Waals surface area contributed by atoms with Crippen LogP contribution in [0.15, 0.2) is 24.3 Å². The summed E-state index contributed by atoms with van der Waals surface area (Å²) < 4.78 is 2.54. The number of carbonyl (C=O) groups is 1. The van der Waals surface area contributed by atoms with Crippen LogP contribution in [0.3, 0.4) is 0 Å². The van der Waals surface area contributed by atoms with Crippen LogP contribution >= 0.6 is 12.2 Å². The fourth-order valence-corrected chi connectivity index (χ4v) is 3.71. The third-order valence-corrected chi connectivity index (χ3v) is 5.29. The van der Waals surface area contributed by atoms with Crippen molar-refractivity contribution >= 4 is 18.1 Å². The second-order valence-corrected chi connectivity index (χ2v) is 9.15. The Morgan fingerprint density at radius 2 is 1.79 bits per heavy atom. The molecule has 0 radical (unpaired) electrons. The molecule has 1 amide bonds. The van der Waals surface area contributed by atoms with Gasteiger partial charge in [-0.25, -0.2) is 4.68 Å². The predicted molar refractivity (Wildman–Crippen MR) is 112 cm³/mol. The summed E-state index contributed by atoms with van der Waals surface area (Å²) in [6.45, 7) is 13.4. The molecule has 7 nitrogen and oxygen atoms in total. The zero-order valence-corrected chi connectivity index (χ0v) is 18.1. The first kappa shape index (κ1) is 20.7. The van der Waals surface area contributed by atoms with Crippen LogP contribution in [0.2, 0.25) is 0 Å². The Morgan fingerprint density at radius 3 is 2.39 bits per heavy atom. The number of aromatic nitrogens is 3. The number of nitrogens with zero attached hydrogens (tertiary/aromatic N) is 2. The van der Waals surface area contributed by atoms with Crippen molar-refractivity contribution in [1.29, 1.82) is 0 Å². The van der Waals surface area contributed by atoms with Gasteiger partial charge in [-0.3, -0.25) is 9.89 Å². The van der Waals surface area contributed by atoms with Gasteiger partial charge in [-0.15, -0.1) is 0 Å². The van der Waals surface area contributed by atoms with E-state index < -0.39 is 0 Å². The second kappa shape index (κ2) is 8.55. The van der Waals surface area contributed by atoms with Crippen LogP contribution in [0.5, 0.6) is 0 Å². The van der Waals surface area contributed by atoms with E-state index in [1.54, 1.807) is 0 Å². The van der Waals surface area contributed by atoms with Gasteiger partial charge < -0.3 is 15.1 Å². The van der Waals surface area contributed by atoms with Crippen molar-refractivity contribution in [3.8, 4) is 11.4 Å². The number of carbonyl (C=O) groups excluding carboxylic acids is 1. The third kappa shape index (κ3) is 5.73. The summed E-state index contributed by atoms with van der Waals surface area (Å²) in [5.41, 5.74) is 2.10. The van der Waals surface area contributed by atoms with E-state index in [2.05, 4.69) is 46.6 Å². The quantitative estimate of drug-likeness (QED) is 0.511. The van der Waals surface area contributed by atoms with E-state index in [9.17, 15) is 4.79 Å². The first-order valence-electron chi connectivity index (χ1n) is 9.92. The monoisotopic (exact) mass is 404 g/mol. The maximum absolute atomic E-state index is 12.1. The summed E-state index contributed by atoms with van der Waals surface area (Å²) in [6.07, 6.45) is 0. The molecule has 3 rings (SSSR count). The molecule has 0 spiro atoms. The summed E-state index contributed by atoms with van der Waals surface area (Å²) in [5, 5.41) is 6.39. The van der Waals surface area contributed by atoms with E-state index in [4.69, 9.17) is 12.2 Å². The lowest BCUT2D eigenvalue weighted by molar-refractivity contribution is -1.02. The van der Waals surface area contributed by atoms with Gasteiger partial charge in [0.2, 0.25) is 4.77 Å². The Labute approximate surface area is 171 Å². The lowest BCUT2D eigenvalue weighted by atomic mass is 10.1. The van der Waals surface area contributed by atoms with E-state index in [-0.39, 0.29) is 11.4 Å². The maximum atomic E-state index is 12.1. The number of amides is 1.